The summed E-state index contributed by atoms with van der Waals surface area (Å²) in [6.45, 7) is 1.28. The lowest BCUT2D eigenvalue weighted by molar-refractivity contribution is -0.385. The molecule has 0 spiro atoms. The first-order valence-corrected chi connectivity index (χ1v) is 7.93. The van der Waals surface area contributed by atoms with Gasteiger partial charge in [0.1, 0.15) is 12.0 Å². The number of nitrogens with one attached hydrogen (secondary N) is 1. The molecular formula is C15H23Cl2N5O3. The molecule has 1 amide bonds. The Morgan fingerprint density at radius 1 is 1.36 bits per heavy atom. The zero-order valence-electron chi connectivity index (χ0n) is 13.7. The number of nitrogens with zero attached hydrogens (tertiary/aromatic N) is 3. The molecular weight excluding hydrogens is 369 g/mol. The molecule has 0 bridgehead atoms. The number of hydrogen-bond donors (Lipinski definition) is 2. The summed E-state index contributed by atoms with van der Waals surface area (Å²) in [6, 6.07) is 3.10. The number of pyridine rings is 1. The molecule has 0 aromatic carbocycles. The fraction of sp³-hybridized carbons (Fsp3) is 0.600. The lowest BCUT2D eigenvalue weighted by atomic mass is 9.97. The van der Waals surface area contributed by atoms with Gasteiger partial charge in [-0.1, -0.05) is 12.8 Å². The average Bonchev–Trinajstić information content (AvgIpc) is 3.17. The minimum Gasteiger partial charge on any atom is -0.365 e. The Kier molecular flexibility index (Phi) is 7.40. The Labute approximate surface area is 158 Å². The number of nitro groups is 1. The largest absolute Gasteiger partial charge is 0.365 e. The van der Waals surface area contributed by atoms with Crippen LogP contribution < -0.4 is 11.1 Å². The topological polar surface area (TPSA) is 114 Å². The second-order valence-electron chi connectivity index (χ2n) is 6.40. The molecule has 1 saturated carbocycles. The van der Waals surface area contributed by atoms with E-state index in [2.05, 4.69) is 10.3 Å². The van der Waals surface area contributed by atoms with Gasteiger partial charge in [0.2, 0.25) is 5.91 Å². The molecule has 2 heterocycles. The molecule has 3 N–H and O–H groups in total. The van der Waals surface area contributed by atoms with Crippen molar-refractivity contribution in [2.24, 2.45) is 5.73 Å². The fourth-order valence-electron chi connectivity index (χ4n) is 3.39. The van der Waals surface area contributed by atoms with E-state index in [-0.39, 0.29) is 42.5 Å². The summed E-state index contributed by atoms with van der Waals surface area (Å²) in [4.78, 5) is 28.6. The minimum absolute atomic E-state index is 0. The van der Waals surface area contributed by atoms with E-state index in [1.807, 2.05) is 4.90 Å². The number of amides is 1. The van der Waals surface area contributed by atoms with Crippen molar-refractivity contribution in [2.75, 3.05) is 18.4 Å². The molecule has 3 rings (SSSR count). The molecule has 25 heavy (non-hydrogen) atoms. The van der Waals surface area contributed by atoms with Crippen LogP contribution in [0, 0.1) is 10.1 Å². The molecule has 1 saturated heterocycles. The zero-order valence-corrected chi connectivity index (χ0v) is 15.4. The monoisotopic (exact) mass is 391 g/mol. The van der Waals surface area contributed by atoms with Crippen molar-refractivity contribution in [3.05, 3.63) is 28.4 Å². The maximum atomic E-state index is 12.6. The molecule has 2 fully saturated rings. The number of halogens is 2. The predicted molar refractivity (Wildman–Crippen MR) is 99.4 cm³/mol. The average molecular weight is 392 g/mol. The Bertz CT molecular complexity index is 608. The summed E-state index contributed by atoms with van der Waals surface area (Å²) in [5.74, 6) is 0.634. The lowest BCUT2D eigenvalue weighted by Gasteiger charge is -2.28. The molecule has 2 aliphatic rings. The van der Waals surface area contributed by atoms with Crippen LogP contribution in [0.5, 0.6) is 0 Å². The maximum Gasteiger partial charge on any atom is 0.287 e. The maximum absolute atomic E-state index is 12.6. The van der Waals surface area contributed by atoms with Gasteiger partial charge in [-0.2, -0.15) is 0 Å². The number of carbonyl (C=O) groups excluding carboxylic acids is 1. The second-order valence-corrected chi connectivity index (χ2v) is 6.40. The third-order valence-electron chi connectivity index (χ3n) is 4.71. The van der Waals surface area contributed by atoms with Crippen LogP contribution >= 0.6 is 24.8 Å². The van der Waals surface area contributed by atoms with E-state index in [4.69, 9.17) is 5.73 Å². The molecule has 140 valence electrons. The first kappa shape index (κ1) is 21.4. The van der Waals surface area contributed by atoms with Gasteiger partial charge in [0, 0.05) is 25.2 Å². The highest BCUT2D eigenvalue weighted by atomic mass is 35.5. The fourth-order valence-corrected chi connectivity index (χ4v) is 3.39. The summed E-state index contributed by atoms with van der Waals surface area (Å²) < 4.78 is 0. The molecule has 1 aromatic heterocycles. The highest BCUT2D eigenvalue weighted by molar-refractivity contribution is 5.87. The smallest absolute Gasteiger partial charge is 0.287 e. The van der Waals surface area contributed by atoms with Crippen LogP contribution in [0.4, 0.5) is 11.5 Å². The van der Waals surface area contributed by atoms with Gasteiger partial charge in [-0.25, -0.2) is 4.98 Å². The molecule has 1 aliphatic carbocycles. The molecule has 1 aromatic rings. The van der Waals surface area contributed by atoms with Crippen LogP contribution in [0.1, 0.15) is 32.1 Å². The minimum atomic E-state index is -0.680. The van der Waals surface area contributed by atoms with Gasteiger partial charge in [0.05, 0.1) is 10.5 Å². The number of anilines is 1. The van der Waals surface area contributed by atoms with E-state index in [1.54, 1.807) is 6.07 Å². The molecule has 1 atom stereocenters. The Morgan fingerprint density at radius 3 is 2.60 bits per heavy atom. The first-order valence-electron chi connectivity index (χ1n) is 7.93. The lowest BCUT2D eigenvalue weighted by Crippen LogP contribution is -2.53. The van der Waals surface area contributed by atoms with Crippen molar-refractivity contribution in [3.63, 3.8) is 0 Å². The zero-order chi connectivity index (χ0) is 16.4. The Hall–Kier alpha value is -1.64. The normalized spacial score (nSPS) is 21.2. The van der Waals surface area contributed by atoms with Crippen LogP contribution in [0.3, 0.4) is 0 Å². The van der Waals surface area contributed by atoms with E-state index in [0.717, 1.165) is 32.1 Å². The highest BCUT2D eigenvalue weighted by Crippen LogP contribution is 2.30. The van der Waals surface area contributed by atoms with Gasteiger partial charge in [-0.15, -0.1) is 24.8 Å². The van der Waals surface area contributed by atoms with Crippen molar-refractivity contribution in [2.45, 2.75) is 43.7 Å². The quantitative estimate of drug-likeness (QED) is 0.599. The standard InChI is InChI=1S/C15H21N5O3.2ClH/c16-15(6-1-2-7-15)14(21)19-8-5-11(10-19)18-13-4-3-12(9-17-13)20(22)23;;/h3-4,9,11H,1-2,5-8,10,16H2,(H,17,18);2*1H. The van der Waals surface area contributed by atoms with Crippen LogP contribution in [0.2, 0.25) is 0 Å². The summed E-state index contributed by atoms with van der Waals surface area (Å²) in [5.41, 5.74) is 5.52. The second kappa shape index (κ2) is 8.64. The number of rotatable bonds is 4. The number of aromatic nitrogens is 1. The van der Waals surface area contributed by atoms with Crippen LogP contribution in [-0.2, 0) is 4.79 Å². The van der Waals surface area contributed by atoms with Crippen molar-refractivity contribution < 1.29 is 9.72 Å². The molecule has 10 heteroatoms. The molecule has 1 unspecified atom stereocenters. The number of likely N-dealkylation sites (tertiary alicyclic amines) is 1. The van der Waals surface area contributed by atoms with E-state index in [9.17, 15) is 14.9 Å². The number of carbonyl (C=O) groups is 1. The van der Waals surface area contributed by atoms with E-state index < -0.39 is 10.5 Å². The summed E-state index contributed by atoms with van der Waals surface area (Å²) >= 11 is 0. The third kappa shape index (κ3) is 4.71. The molecule has 1 aliphatic heterocycles. The van der Waals surface area contributed by atoms with Crippen LogP contribution in [-0.4, -0.2) is 45.4 Å². The van der Waals surface area contributed by atoms with Gasteiger partial charge in [0.25, 0.3) is 5.69 Å². The SMILES string of the molecule is Cl.Cl.NC1(C(=O)N2CCC(Nc3ccc([N+](=O)[O-])cn3)C2)CCCC1. The third-order valence-corrected chi connectivity index (χ3v) is 4.71. The van der Waals surface area contributed by atoms with Crippen LogP contribution in [0.25, 0.3) is 0 Å². The van der Waals surface area contributed by atoms with Crippen molar-refractivity contribution in [1.82, 2.24) is 9.88 Å². The van der Waals surface area contributed by atoms with Gasteiger partial charge in [-0.3, -0.25) is 14.9 Å². The molecule has 8 nitrogen and oxygen atoms in total. The Balaban J connectivity index is 0.00000156. The van der Waals surface area contributed by atoms with Gasteiger partial charge in [0.15, 0.2) is 0 Å². The summed E-state index contributed by atoms with van der Waals surface area (Å²) in [6.07, 6.45) is 5.62. The predicted octanol–water partition coefficient (Wildman–Crippen LogP) is 2.12. The van der Waals surface area contributed by atoms with Crippen molar-refractivity contribution in [1.29, 1.82) is 0 Å². The van der Waals surface area contributed by atoms with Gasteiger partial charge < -0.3 is 16.0 Å². The van der Waals surface area contributed by atoms with E-state index in [1.165, 1.54) is 12.3 Å². The highest BCUT2D eigenvalue weighted by Gasteiger charge is 2.41. The summed E-state index contributed by atoms with van der Waals surface area (Å²) in [7, 11) is 0. The summed E-state index contributed by atoms with van der Waals surface area (Å²) in [5, 5.41) is 13.8. The molecule has 0 radical (unpaired) electrons. The van der Waals surface area contributed by atoms with E-state index >= 15 is 0 Å². The van der Waals surface area contributed by atoms with Gasteiger partial charge in [-0.05, 0) is 25.3 Å². The van der Waals surface area contributed by atoms with Gasteiger partial charge >= 0.3 is 0 Å². The first-order chi connectivity index (χ1) is 11.0. The van der Waals surface area contributed by atoms with E-state index in [0.29, 0.717) is 18.9 Å². The number of hydrogen-bond acceptors (Lipinski definition) is 6. The Morgan fingerprint density at radius 2 is 2.04 bits per heavy atom. The van der Waals surface area contributed by atoms with Crippen molar-refractivity contribution >= 4 is 42.2 Å². The number of nitrogens with two attached hydrogens (primary N) is 1. The van der Waals surface area contributed by atoms with Crippen molar-refractivity contribution in [3.8, 4) is 0 Å². The van der Waals surface area contributed by atoms with Crippen LogP contribution in [0.15, 0.2) is 18.3 Å².